The highest BCUT2D eigenvalue weighted by Gasteiger charge is 1.84. The summed E-state index contributed by atoms with van der Waals surface area (Å²) in [6.07, 6.45) is 0. The summed E-state index contributed by atoms with van der Waals surface area (Å²) in [7, 11) is -4.67. The van der Waals surface area contributed by atoms with Crippen molar-refractivity contribution in [3.8, 4) is 0 Å². The lowest BCUT2D eigenvalue weighted by Crippen LogP contribution is -1.89. The first-order valence-corrected chi connectivity index (χ1v) is 2.10. The predicted molar refractivity (Wildman–Crippen MR) is 44.3 cm³/mol. The topological polar surface area (TPSA) is 285 Å². The predicted octanol–water partition coefficient (Wildman–Crippen LogP) is 0.319. The van der Waals surface area contributed by atoms with Gasteiger partial charge in [-0.3, -0.25) is 9.11 Å². The Kier molecular flexibility index (Phi) is 154. The SMILES string of the molecule is N.N.N.N.N.N.O=S(=O)(O)O. The van der Waals surface area contributed by atoms with Gasteiger partial charge in [0.1, 0.15) is 0 Å². The van der Waals surface area contributed by atoms with E-state index in [-0.39, 0.29) is 36.9 Å². The van der Waals surface area contributed by atoms with Gasteiger partial charge in [0.15, 0.2) is 0 Å². The van der Waals surface area contributed by atoms with Crippen molar-refractivity contribution in [2.45, 2.75) is 0 Å². The Balaban J connectivity index is -0.00000000533. The van der Waals surface area contributed by atoms with Gasteiger partial charge in [-0.05, 0) is 0 Å². The van der Waals surface area contributed by atoms with Crippen LogP contribution in [0.5, 0.6) is 0 Å². The van der Waals surface area contributed by atoms with Crippen LogP contribution in [-0.2, 0) is 10.4 Å². The summed E-state index contributed by atoms with van der Waals surface area (Å²) in [6.45, 7) is 0. The molecule has 0 atom stereocenters. The molecule has 0 heterocycles. The molecule has 0 radical (unpaired) electrons. The summed E-state index contributed by atoms with van der Waals surface area (Å²) in [5, 5.41) is 0. The fourth-order valence-electron chi connectivity index (χ4n) is 0. The van der Waals surface area contributed by atoms with Crippen molar-refractivity contribution < 1.29 is 17.5 Å². The molecule has 0 rings (SSSR count). The van der Waals surface area contributed by atoms with Gasteiger partial charge in [0.25, 0.3) is 0 Å². The Morgan fingerprint density at radius 1 is 0.636 bits per heavy atom. The van der Waals surface area contributed by atoms with Crippen molar-refractivity contribution in [2.24, 2.45) is 0 Å². The molecule has 0 saturated carbocycles. The average molecular weight is 200 g/mol. The number of hydrogen-bond donors (Lipinski definition) is 8. The van der Waals surface area contributed by atoms with E-state index in [4.69, 9.17) is 17.5 Å². The Morgan fingerprint density at radius 2 is 0.636 bits per heavy atom. The highest BCUT2D eigenvalue weighted by molar-refractivity contribution is 7.79. The fraction of sp³-hybridized carbons (Fsp3) is 0. The molecule has 0 bridgehead atoms. The maximum Gasteiger partial charge on any atom is 0.394 e. The lowest BCUT2D eigenvalue weighted by atomic mass is 14.0. The minimum atomic E-state index is -4.67. The molecule has 0 saturated heterocycles. The van der Waals surface area contributed by atoms with Crippen LogP contribution in [0.2, 0.25) is 0 Å². The smallest absolute Gasteiger partial charge is 0.344 e. The van der Waals surface area contributed by atoms with Crippen LogP contribution in [0.25, 0.3) is 0 Å². The average Bonchev–Trinajstić information content (AvgIpc) is 0.722. The van der Waals surface area contributed by atoms with Gasteiger partial charge < -0.3 is 36.9 Å². The van der Waals surface area contributed by atoms with Gasteiger partial charge in [-0.1, -0.05) is 0 Å². The minimum Gasteiger partial charge on any atom is -0.344 e. The van der Waals surface area contributed by atoms with E-state index < -0.39 is 10.4 Å². The summed E-state index contributed by atoms with van der Waals surface area (Å²) in [5.41, 5.74) is 0. The molecule has 80 valence electrons. The third kappa shape index (κ3) is 4100. The van der Waals surface area contributed by atoms with Crippen LogP contribution < -0.4 is 36.9 Å². The Morgan fingerprint density at radius 3 is 0.636 bits per heavy atom. The standard InChI is InChI=1S/6H3N.H2O4S/c;;;;;;1-5(2,3)4/h6*1H3;(H2,1,2,3,4). The van der Waals surface area contributed by atoms with Crippen molar-refractivity contribution >= 4 is 10.4 Å². The molecule has 0 fully saturated rings. The van der Waals surface area contributed by atoms with Gasteiger partial charge in [0.2, 0.25) is 0 Å². The van der Waals surface area contributed by atoms with Gasteiger partial charge in [-0.2, -0.15) is 8.42 Å². The molecule has 0 aromatic heterocycles. The van der Waals surface area contributed by atoms with E-state index in [1.165, 1.54) is 0 Å². The zero-order valence-electron chi connectivity index (χ0n) is 6.36. The highest BCUT2D eigenvalue weighted by Crippen LogP contribution is 1.59. The second-order valence-electron chi connectivity index (χ2n) is 0.448. The molecule has 10 nitrogen and oxygen atoms in total. The zero-order chi connectivity index (χ0) is 4.50. The lowest BCUT2D eigenvalue weighted by Gasteiger charge is -1.68. The molecule has 0 unspecified atom stereocenters. The molecule has 11 heavy (non-hydrogen) atoms. The largest absolute Gasteiger partial charge is 0.394 e. The first-order chi connectivity index (χ1) is 2.00. The first-order valence-electron chi connectivity index (χ1n) is 0.698. The highest BCUT2D eigenvalue weighted by atomic mass is 32.3. The number of rotatable bonds is 0. The molecule has 0 aromatic carbocycles. The molecular weight excluding hydrogens is 180 g/mol. The van der Waals surface area contributed by atoms with Crippen molar-refractivity contribution in [3.63, 3.8) is 0 Å². The molecule has 0 amide bonds. The summed E-state index contributed by atoms with van der Waals surface area (Å²) < 4.78 is 31.6. The van der Waals surface area contributed by atoms with Crippen LogP contribution >= 0.6 is 0 Å². The zero-order valence-corrected chi connectivity index (χ0v) is 7.18. The Hall–Kier alpha value is -0.370. The molecular formula is H20N6O4S. The van der Waals surface area contributed by atoms with Crippen LogP contribution in [0.3, 0.4) is 0 Å². The lowest BCUT2D eigenvalue weighted by molar-refractivity contribution is 0.381. The second kappa shape index (κ2) is 22.6. The maximum absolute atomic E-state index is 8.74. The van der Waals surface area contributed by atoms with Gasteiger partial charge >= 0.3 is 10.4 Å². The second-order valence-corrected chi connectivity index (χ2v) is 1.34. The summed E-state index contributed by atoms with van der Waals surface area (Å²) in [4.78, 5) is 0. The Bertz CT molecular complexity index is 97.8. The van der Waals surface area contributed by atoms with Crippen LogP contribution in [0.1, 0.15) is 0 Å². The summed E-state index contributed by atoms with van der Waals surface area (Å²) in [6, 6.07) is 0. The van der Waals surface area contributed by atoms with Crippen LogP contribution in [0.4, 0.5) is 0 Å². The van der Waals surface area contributed by atoms with Gasteiger partial charge in [0, 0.05) is 0 Å². The fourth-order valence-corrected chi connectivity index (χ4v) is 0. The van der Waals surface area contributed by atoms with Gasteiger partial charge in [-0.25, -0.2) is 0 Å². The van der Waals surface area contributed by atoms with E-state index in [2.05, 4.69) is 0 Å². The van der Waals surface area contributed by atoms with Crippen molar-refractivity contribution in [1.82, 2.24) is 36.9 Å². The van der Waals surface area contributed by atoms with Crippen molar-refractivity contribution in [2.75, 3.05) is 0 Å². The van der Waals surface area contributed by atoms with Crippen LogP contribution in [0, 0.1) is 0 Å². The van der Waals surface area contributed by atoms with E-state index >= 15 is 0 Å². The third-order valence-electron chi connectivity index (χ3n) is 0. The minimum absolute atomic E-state index is 0. The van der Waals surface area contributed by atoms with Gasteiger partial charge in [-0.15, -0.1) is 0 Å². The quantitative estimate of drug-likeness (QED) is 0.247. The van der Waals surface area contributed by atoms with E-state index in [1.807, 2.05) is 0 Å². The molecule has 0 aromatic rings. The third-order valence-corrected chi connectivity index (χ3v) is 0. The van der Waals surface area contributed by atoms with E-state index in [0.717, 1.165) is 0 Å². The maximum atomic E-state index is 8.74. The molecule has 20 N–H and O–H groups in total. The van der Waals surface area contributed by atoms with Crippen LogP contribution in [0.15, 0.2) is 0 Å². The van der Waals surface area contributed by atoms with E-state index in [0.29, 0.717) is 0 Å². The van der Waals surface area contributed by atoms with Gasteiger partial charge in [0.05, 0.1) is 0 Å². The van der Waals surface area contributed by atoms with E-state index in [9.17, 15) is 0 Å². The summed E-state index contributed by atoms with van der Waals surface area (Å²) >= 11 is 0. The molecule has 0 aliphatic carbocycles. The monoisotopic (exact) mass is 200 g/mol. The van der Waals surface area contributed by atoms with Crippen molar-refractivity contribution in [1.29, 1.82) is 0 Å². The Labute approximate surface area is 65.8 Å². The van der Waals surface area contributed by atoms with Crippen molar-refractivity contribution in [3.05, 3.63) is 0 Å². The normalized spacial score (nSPS) is 5.27. The molecule has 0 aliphatic rings. The molecule has 0 spiro atoms. The molecule has 11 heteroatoms. The van der Waals surface area contributed by atoms with Crippen LogP contribution in [-0.4, -0.2) is 17.5 Å². The number of hydrogen-bond acceptors (Lipinski definition) is 8. The van der Waals surface area contributed by atoms with E-state index in [1.54, 1.807) is 0 Å². The molecule has 0 aliphatic heterocycles. The summed E-state index contributed by atoms with van der Waals surface area (Å²) in [5.74, 6) is 0. The first kappa shape index (κ1) is 74.8.